The molecular formula is C31H31F3N6O2. The van der Waals surface area contributed by atoms with Crippen LogP contribution >= 0.6 is 0 Å². The molecule has 0 aliphatic carbocycles. The number of aryl methyl sites for hydroxylation is 1. The van der Waals surface area contributed by atoms with Crippen molar-refractivity contribution in [1.82, 2.24) is 20.2 Å². The van der Waals surface area contributed by atoms with Crippen molar-refractivity contribution >= 4 is 34.5 Å². The number of alkyl halides is 3. The lowest BCUT2D eigenvalue weighted by Gasteiger charge is -2.36. The molecule has 0 saturated carbocycles. The van der Waals surface area contributed by atoms with Crippen LogP contribution in [0.2, 0.25) is 0 Å². The molecule has 4 aromatic rings. The number of fused-ring (bicyclic) bond motifs is 1. The quantitative estimate of drug-likeness (QED) is 0.243. The maximum Gasteiger partial charge on any atom is 0.416 e. The topological polar surface area (TPSA) is 99.2 Å². The number of nitrogens with one attached hydrogen (secondary N) is 3. The highest BCUT2D eigenvalue weighted by atomic mass is 19.4. The minimum Gasteiger partial charge on any atom is -0.357 e. The number of carbonyl (C=O) groups excluding carboxylic acids is 2. The Morgan fingerprint density at radius 3 is 2.50 bits per heavy atom. The minimum absolute atomic E-state index is 0.00380. The van der Waals surface area contributed by atoms with E-state index in [1.807, 2.05) is 45.9 Å². The summed E-state index contributed by atoms with van der Waals surface area (Å²) in [5, 5.41) is 9.21. The van der Waals surface area contributed by atoms with Crippen molar-refractivity contribution in [3.05, 3.63) is 83.0 Å². The second-order valence-corrected chi connectivity index (χ2v) is 11.2. The molecule has 1 aromatic heterocycles. The number of amides is 3. The Labute approximate surface area is 241 Å². The van der Waals surface area contributed by atoms with Crippen LogP contribution in [0.3, 0.4) is 0 Å². The third kappa shape index (κ3) is 5.59. The SMILES string of the molecule is CNc1ncc2cc(-c3cc(C(=O)Nc4cc(C(F)(F)F)ccc4C4CNC(=O)N4C(C)(C)C)ccc3C)ccc2n1. The zero-order valence-electron chi connectivity index (χ0n) is 23.8. The molecule has 2 heterocycles. The molecule has 0 bridgehead atoms. The summed E-state index contributed by atoms with van der Waals surface area (Å²) in [6, 6.07) is 13.2. The molecule has 1 unspecified atom stereocenters. The van der Waals surface area contributed by atoms with Crippen molar-refractivity contribution < 1.29 is 22.8 Å². The molecule has 1 saturated heterocycles. The predicted octanol–water partition coefficient (Wildman–Crippen LogP) is 6.78. The molecular weight excluding hydrogens is 545 g/mol. The van der Waals surface area contributed by atoms with Gasteiger partial charge in [-0.05, 0) is 80.8 Å². The first kappa shape index (κ1) is 28.8. The molecule has 5 rings (SSSR count). The Bertz CT molecular complexity index is 1700. The van der Waals surface area contributed by atoms with Crippen LogP contribution in [0.15, 0.2) is 60.8 Å². The smallest absolute Gasteiger partial charge is 0.357 e. The number of nitrogens with zero attached hydrogens (tertiary/aromatic N) is 3. The van der Waals surface area contributed by atoms with Gasteiger partial charge in [-0.1, -0.05) is 18.2 Å². The molecule has 1 atom stereocenters. The first-order valence-corrected chi connectivity index (χ1v) is 13.4. The summed E-state index contributed by atoms with van der Waals surface area (Å²) in [7, 11) is 1.74. The Morgan fingerprint density at radius 1 is 1.05 bits per heavy atom. The maximum absolute atomic E-state index is 13.7. The number of urea groups is 1. The van der Waals surface area contributed by atoms with E-state index in [-0.39, 0.29) is 23.8 Å². The van der Waals surface area contributed by atoms with Crippen LogP contribution in [0, 0.1) is 6.92 Å². The molecule has 0 spiro atoms. The first-order chi connectivity index (χ1) is 19.8. The van der Waals surface area contributed by atoms with Crippen molar-refractivity contribution in [2.75, 3.05) is 24.2 Å². The van der Waals surface area contributed by atoms with Gasteiger partial charge in [-0.25, -0.2) is 14.8 Å². The van der Waals surface area contributed by atoms with Gasteiger partial charge in [-0.15, -0.1) is 0 Å². The molecule has 3 aromatic carbocycles. The van der Waals surface area contributed by atoms with E-state index in [0.29, 0.717) is 11.5 Å². The van der Waals surface area contributed by atoms with Crippen molar-refractivity contribution in [1.29, 1.82) is 0 Å². The van der Waals surface area contributed by atoms with E-state index in [4.69, 9.17) is 0 Å². The molecule has 11 heteroatoms. The van der Waals surface area contributed by atoms with Crippen LogP contribution in [-0.2, 0) is 6.18 Å². The Balaban J connectivity index is 1.52. The van der Waals surface area contributed by atoms with E-state index in [2.05, 4.69) is 25.9 Å². The molecule has 0 radical (unpaired) electrons. The summed E-state index contributed by atoms with van der Waals surface area (Å²) >= 11 is 0. The van der Waals surface area contributed by atoms with Gasteiger partial charge in [-0.2, -0.15) is 13.2 Å². The van der Waals surface area contributed by atoms with Gasteiger partial charge in [0, 0.05) is 47.5 Å². The number of anilines is 2. The standard InChI is InChI=1S/C31H31F3N6O2/c1-17-6-7-19(13-23(17)18-8-11-24-20(12-18)15-36-28(35-5)39-24)27(41)38-25-14-21(31(32,33)34)9-10-22(25)26-16-37-29(42)40(26)30(2,3)4/h6-15,26H,16H2,1-5H3,(H,37,42)(H,38,41)(H,35,36,39). The average Bonchev–Trinajstić information content (AvgIpc) is 3.33. The van der Waals surface area contributed by atoms with Crippen LogP contribution in [0.4, 0.5) is 29.6 Å². The third-order valence-electron chi connectivity index (χ3n) is 7.30. The fourth-order valence-corrected chi connectivity index (χ4v) is 5.24. The van der Waals surface area contributed by atoms with Crippen molar-refractivity contribution in [3.63, 3.8) is 0 Å². The number of aromatic nitrogens is 2. The molecule has 3 amide bonds. The zero-order chi connectivity index (χ0) is 30.4. The second kappa shape index (κ2) is 10.6. The number of benzene rings is 3. The lowest BCUT2D eigenvalue weighted by Crippen LogP contribution is -2.44. The van der Waals surface area contributed by atoms with Crippen molar-refractivity contribution in [3.8, 4) is 11.1 Å². The van der Waals surface area contributed by atoms with Crippen molar-refractivity contribution in [2.45, 2.75) is 45.5 Å². The molecule has 8 nitrogen and oxygen atoms in total. The highest BCUT2D eigenvalue weighted by Gasteiger charge is 2.41. The average molecular weight is 577 g/mol. The summed E-state index contributed by atoms with van der Waals surface area (Å²) in [6.07, 6.45) is -2.90. The summed E-state index contributed by atoms with van der Waals surface area (Å²) < 4.78 is 41.1. The first-order valence-electron chi connectivity index (χ1n) is 13.4. The minimum atomic E-state index is -4.61. The van der Waals surface area contributed by atoms with Gasteiger partial charge in [0.15, 0.2) is 0 Å². The summed E-state index contributed by atoms with van der Waals surface area (Å²) in [6.45, 7) is 7.65. The monoisotopic (exact) mass is 576 g/mol. The fraction of sp³-hybridized carbons (Fsp3) is 0.290. The highest BCUT2D eigenvalue weighted by Crippen LogP contribution is 2.39. The van der Waals surface area contributed by atoms with Gasteiger partial charge >= 0.3 is 12.2 Å². The van der Waals surface area contributed by atoms with E-state index < -0.39 is 29.2 Å². The van der Waals surface area contributed by atoms with Crippen LogP contribution in [0.5, 0.6) is 0 Å². The van der Waals surface area contributed by atoms with Crippen LogP contribution < -0.4 is 16.0 Å². The fourth-order valence-electron chi connectivity index (χ4n) is 5.24. The van der Waals surface area contributed by atoms with Crippen molar-refractivity contribution in [2.24, 2.45) is 0 Å². The van der Waals surface area contributed by atoms with Gasteiger partial charge in [0.2, 0.25) is 5.95 Å². The maximum atomic E-state index is 13.7. The normalized spacial score (nSPS) is 15.6. The number of hydrogen-bond acceptors (Lipinski definition) is 5. The van der Waals surface area contributed by atoms with E-state index in [9.17, 15) is 22.8 Å². The Morgan fingerprint density at radius 2 is 1.81 bits per heavy atom. The van der Waals surface area contributed by atoms with E-state index >= 15 is 0 Å². The second-order valence-electron chi connectivity index (χ2n) is 11.2. The van der Waals surface area contributed by atoms with Gasteiger partial charge in [0.05, 0.1) is 17.1 Å². The molecule has 218 valence electrons. The Hall–Kier alpha value is -4.67. The van der Waals surface area contributed by atoms with E-state index in [1.165, 1.54) is 6.07 Å². The molecule has 1 fully saturated rings. The Kier molecular flexibility index (Phi) is 7.30. The van der Waals surface area contributed by atoms with Crippen LogP contribution in [-0.4, -0.2) is 45.9 Å². The lowest BCUT2D eigenvalue weighted by molar-refractivity contribution is -0.137. The predicted molar refractivity (Wildman–Crippen MR) is 156 cm³/mol. The largest absolute Gasteiger partial charge is 0.416 e. The molecule has 1 aliphatic heterocycles. The molecule has 3 N–H and O–H groups in total. The van der Waals surface area contributed by atoms with E-state index in [1.54, 1.807) is 36.3 Å². The molecule has 42 heavy (non-hydrogen) atoms. The zero-order valence-corrected chi connectivity index (χ0v) is 23.8. The van der Waals surface area contributed by atoms with E-state index in [0.717, 1.165) is 39.7 Å². The third-order valence-corrected chi connectivity index (χ3v) is 7.30. The van der Waals surface area contributed by atoms with Crippen LogP contribution in [0.1, 0.15) is 53.9 Å². The summed E-state index contributed by atoms with van der Waals surface area (Å²) in [5.74, 6) is -0.0679. The van der Waals surface area contributed by atoms with Gasteiger partial charge in [0.1, 0.15) is 0 Å². The van der Waals surface area contributed by atoms with Gasteiger partial charge in [0.25, 0.3) is 5.91 Å². The number of halogens is 3. The molecule has 1 aliphatic rings. The highest BCUT2D eigenvalue weighted by molar-refractivity contribution is 6.06. The van der Waals surface area contributed by atoms with Gasteiger partial charge in [-0.3, -0.25) is 4.79 Å². The number of rotatable bonds is 5. The van der Waals surface area contributed by atoms with Crippen LogP contribution in [0.25, 0.3) is 22.0 Å². The lowest BCUT2D eigenvalue weighted by atomic mass is 9.96. The number of hydrogen-bond donors (Lipinski definition) is 3. The summed E-state index contributed by atoms with van der Waals surface area (Å²) in [4.78, 5) is 36.5. The number of carbonyl (C=O) groups is 2. The van der Waals surface area contributed by atoms with Gasteiger partial charge < -0.3 is 20.9 Å². The summed E-state index contributed by atoms with van der Waals surface area (Å²) in [5.41, 5.74) is 2.46.